The Morgan fingerprint density at radius 3 is 2.71 bits per heavy atom. The van der Waals surface area contributed by atoms with Gasteiger partial charge in [0.2, 0.25) is 18.1 Å². The van der Waals surface area contributed by atoms with Crippen LogP contribution in [0.4, 0.5) is 11.6 Å². The van der Waals surface area contributed by atoms with E-state index in [-0.39, 0.29) is 11.7 Å². The fourth-order valence-electron chi connectivity index (χ4n) is 3.87. The van der Waals surface area contributed by atoms with E-state index in [9.17, 15) is 14.9 Å². The van der Waals surface area contributed by atoms with Gasteiger partial charge in [0.15, 0.2) is 0 Å². The number of nitro groups is 1. The van der Waals surface area contributed by atoms with Gasteiger partial charge in [0.05, 0.1) is 0 Å². The highest BCUT2D eigenvalue weighted by atomic mass is 16.6. The van der Waals surface area contributed by atoms with Gasteiger partial charge in [-0.05, 0) is 35.1 Å². The van der Waals surface area contributed by atoms with Crippen molar-refractivity contribution in [3.05, 3.63) is 16.4 Å². The fraction of sp³-hybridized carbons (Fsp3) is 0.750. The van der Waals surface area contributed by atoms with E-state index in [4.69, 9.17) is 0 Å². The van der Waals surface area contributed by atoms with Gasteiger partial charge in [0.1, 0.15) is 0 Å². The van der Waals surface area contributed by atoms with Crippen LogP contribution < -0.4 is 4.90 Å². The lowest BCUT2D eigenvalue weighted by atomic mass is 10.0. The van der Waals surface area contributed by atoms with Gasteiger partial charge in [0, 0.05) is 39.6 Å². The van der Waals surface area contributed by atoms with Crippen molar-refractivity contribution in [2.24, 2.45) is 13.0 Å². The second-order valence-electron chi connectivity index (χ2n) is 6.84. The molecule has 1 amide bonds. The van der Waals surface area contributed by atoms with Crippen LogP contribution in [0.5, 0.6) is 0 Å². The summed E-state index contributed by atoms with van der Waals surface area (Å²) in [5.41, 5.74) is 0. The molecular formula is C16H25N5O3. The van der Waals surface area contributed by atoms with Crippen LogP contribution in [0.15, 0.2) is 6.33 Å². The number of carbonyl (C=O) groups is 1. The third-order valence-corrected chi connectivity index (χ3v) is 5.15. The molecular weight excluding hydrogens is 310 g/mol. The predicted molar refractivity (Wildman–Crippen MR) is 89.8 cm³/mol. The second kappa shape index (κ2) is 7.19. The molecule has 0 atom stereocenters. The number of aromatic nitrogens is 2. The SMILES string of the molecule is Cn1cnc([N+](=O)[O-])c1N1CCCN(C(=O)CC2CCCC2)CC1. The molecule has 0 unspecified atom stereocenters. The van der Waals surface area contributed by atoms with E-state index in [0.717, 1.165) is 13.0 Å². The summed E-state index contributed by atoms with van der Waals surface area (Å²) in [6.45, 7) is 2.66. The van der Waals surface area contributed by atoms with Crippen molar-refractivity contribution in [1.82, 2.24) is 14.5 Å². The largest absolute Gasteiger partial charge is 0.406 e. The maximum absolute atomic E-state index is 12.5. The molecule has 0 N–H and O–H groups in total. The molecule has 0 spiro atoms. The van der Waals surface area contributed by atoms with Crippen LogP contribution in [0.3, 0.4) is 0 Å². The molecule has 8 heteroatoms. The highest BCUT2D eigenvalue weighted by Crippen LogP contribution is 2.29. The first-order valence-corrected chi connectivity index (χ1v) is 8.74. The summed E-state index contributed by atoms with van der Waals surface area (Å²) in [5, 5.41) is 11.2. The lowest BCUT2D eigenvalue weighted by Gasteiger charge is -2.23. The molecule has 0 radical (unpaired) electrons. The molecule has 0 aromatic carbocycles. The molecule has 2 heterocycles. The quantitative estimate of drug-likeness (QED) is 0.620. The molecule has 1 aromatic rings. The highest BCUT2D eigenvalue weighted by molar-refractivity contribution is 5.76. The van der Waals surface area contributed by atoms with Crippen molar-refractivity contribution in [2.45, 2.75) is 38.5 Å². The topological polar surface area (TPSA) is 84.5 Å². The van der Waals surface area contributed by atoms with Crippen molar-refractivity contribution < 1.29 is 9.72 Å². The van der Waals surface area contributed by atoms with Crippen molar-refractivity contribution in [3.63, 3.8) is 0 Å². The van der Waals surface area contributed by atoms with Gasteiger partial charge in [-0.1, -0.05) is 12.8 Å². The molecule has 1 aliphatic carbocycles. The van der Waals surface area contributed by atoms with Crippen molar-refractivity contribution >= 4 is 17.5 Å². The first-order chi connectivity index (χ1) is 11.6. The molecule has 0 bridgehead atoms. The van der Waals surface area contributed by atoms with E-state index >= 15 is 0 Å². The van der Waals surface area contributed by atoms with E-state index in [1.165, 1.54) is 32.0 Å². The Morgan fingerprint density at radius 1 is 1.25 bits per heavy atom. The summed E-state index contributed by atoms with van der Waals surface area (Å²) in [6, 6.07) is 0. The van der Waals surface area contributed by atoms with E-state index < -0.39 is 4.92 Å². The Labute approximate surface area is 141 Å². The number of amides is 1. The smallest absolute Gasteiger partial charge is 0.358 e. The van der Waals surface area contributed by atoms with Gasteiger partial charge in [-0.15, -0.1) is 0 Å². The van der Waals surface area contributed by atoms with Gasteiger partial charge >= 0.3 is 5.82 Å². The van der Waals surface area contributed by atoms with Crippen molar-refractivity contribution in [2.75, 3.05) is 31.1 Å². The highest BCUT2D eigenvalue weighted by Gasteiger charge is 2.29. The molecule has 1 aliphatic heterocycles. The summed E-state index contributed by atoms with van der Waals surface area (Å²) < 4.78 is 1.69. The van der Waals surface area contributed by atoms with Gasteiger partial charge in [-0.25, -0.2) is 0 Å². The average Bonchev–Trinajstić information content (AvgIpc) is 3.11. The molecule has 132 valence electrons. The number of anilines is 1. The molecule has 24 heavy (non-hydrogen) atoms. The van der Waals surface area contributed by atoms with Crippen molar-refractivity contribution in [3.8, 4) is 0 Å². The van der Waals surface area contributed by atoms with Crippen LogP contribution in [0.25, 0.3) is 0 Å². The van der Waals surface area contributed by atoms with Gasteiger partial charge in [-0.2, -0.15) is 0 Å². The predicted octanol–water partition coefficient (Wildman–Crippen LogP) is 1.95. The van der Waals surface area contributed by atoms with E-state index in [1.54, 1.807) is 11.6 Å². The maximum Gasteiger partial charge on any atom is 0.406 e. The lowest BCUT2D eigenvalue weighted by molar-refractivity contribution is -0.388. The monoisotopic (exact) mass is 335 g/mol. The fourth-order valence-corrected chi connectivity index (χ4v) is 3.87. The minimum atomic E-state index is -0.441. The molecule has 8 nitrogen and oxygen atoms in total. The Kier molecular flexibility index (Phi) is 5.01. The van der Waals surface area contributed by atoms with E-state index in [0.29, 0.717) is 37.8 Å². The van der Waals surface area contributed by atoms with Crippen LogP contribution >= 0.6 is 0 Å². The summed E-state index contributed by atoms with van der Waals surface area (Å²) in [7, 11) is 1.77. The molecule has 1 saturated carbocycles. The summed E-state index contributed by atoms with van der Waals surface area (Å²) in [4.78, 5) is 31.0. The number of hydrogen-bond acceptors (Lipinski definition) is 5. The standard InChI is InChI=1S/C16H25N5O3/c1-18-12-17-15(21(23)24)16(18)20-8-4-7-19(9-10-20)14(22)11-13-5-2-3-6-13/h12-13H,2-11H2,1H3. The van der Waals surface area contributed by atoms with Crippen LogP contribution in [0.2, 0.25) is 0 Å². The Hall–Kier alpha value is -2.12. The number of hydrogen-bond donors (Lipinski definition) is 0. The molecule has 2 aliphatic rings. The van der Waals surface area contributed by atoms with Crippen LogP contribution in [0.1, 0.15) is 38.5 Å². The number of nitrogens with zero attached hydrogens (tertiary/aromatic N) is 5. The van der Waals surface area contributed by atoms with Crippen LogP contribution in [-0.2, 0) is 11.8 Å². The Morgan fingerprint density at radius 2 is 2.00 bits per heavy atom. The van der Waals surface area contributed by atoms with E-state index in [1.807, 2.05) is 9.80 Å². The number of carbonyl (C=O) groups excluding carboxylic acids is 1. The number of rotatable bonds is 4. The first-order valence-electron chi connectivity index (χ1n) is 8.74. The lowest BCUT2D eigenvalue weighted by Crippen LogP contribution is -2.36. The average molecular weight is 335 g/mol. The minimum Gasteiger partial charge on any atom is -0.358 e. The number of imidazole rings is 1. The third kappa shape index (κ3) is 3.52. The first kappa shape index (κ1) is 16.7. The molecule has 1 aromatic heterocycles. The third-order valence-electron chi connectivity index (χ3n) is 5.15. The second-order valence-corrected chi connectivity index (χ2v) is 6.84. The Balaban J connectivity index is 1.64. The summed E-state index contributed by atoms with van der Waals surface area (Å²) in [5.74, 6) is 1.21. The van der Waals surface area contributed by atoms with Crippen LogP contribution in [-0.4, -0.2) is 51.5 Å². The molecule has 1 saturated heterocycles. The van der Waals surface area contributed by atoms with Gasteiger partial charge in [0.25, 0.3) is 0 Å². The summed E-state index contributed by atoms with van der Waals surface area (Å²) in [6.07, 6.45) is 7.79. The van der Waals surface area contributed by atoms with Gasteiger partial charge in [-0.3, -0.25) is 9.36 Å². The molecule has 2 fully saturated rings. The van der Waals surface area contributed by atoms with Crippen LogP contribution in [0, 0.1) is 16.0 Å². The minimum absolute atomic E-state index is 0.108. The number of aryl methyl sites for hydroxylation is 1. The zero-order valence-electron chi connectivity index (χ0n) is 14.2. The van der Waals surface area contributed by atoms with Crippen molar-refractivity contribution in [1.29, 1.82) is 0 Å². The zero-order chi connectivity index (χ0) is 17.1. The normalized spacial score (nSPS) is 19.5. The van der Waals surface area contributed by atoms with E-state index in [2.05, 4.69) is 4.98 Å². The zero-order valence-corrected chi connectivity index (χ0v) is 14.2. The molecule has 3 rings (SSSR count). The maximum atomic E-state index is 12.5. The van der Waals surface area contributed by atoms with Gasteiger partial charge < -0.3 is 19.9 Å². The Bertz CT molecular complexity index is 609. The summed E-state index contributed by atoms with van der Waals surface area (Å²) >= 11 is 0.